The summed E-state index contributed by atoms with van der Waals surface area (Å²) >= 11 is 0. The number of aldehydes is 4. The van der Waals surface area contributed by atoms with Crippen molar-refractivity contribution in [1.82, 2.24) is 0 Å². The van der Waals surface area contributed by atoms with E-state index in [4.69, 9.17) is 40.4 Å². The molecule has 9 N–H and O–H groups in total. The Balaban J connectivity index is 0.000000327. The van der Waals surface area contributed by atoms with Gasteiger partial charge in [-0.1, -0.05) is 85.2 Å². The Morgan fingerprint density at radius 3 is 1.45 bits per heavy atom. The van der Waals surface area contributed by atoms with Gasteiger partial charge >= 0.3 is 28.3 Å². The van der Waals surface area contributed by atoms with Crippen LogP contribution in [-0.2, 0) is 13.2 Å². The van der Waals surface area contributed by atoms with Gasteiger partial charge in [0.1, 0.15) is 25.1 Å². The Labute approximate surface area is 284 Å². The summed E-state index contributed by atoms with van der Waals surface area (Å²) in [6.45, 7) is 2.37. The molecule has 0 spiro atoms. The third-order valence-corrected chi connectivity index (χ3v) is 6.79. The lowest BCUT2D eigenvalue weighted by atomic mass is 9.62. The van der Waals surface area contributed by atoms with Crippen LogP contribution in [0.5, 0.6) is 0 Å². The number of hydrogen-bond acceptors (Lipinski definition) is 13. The minimum absolute atomic E-state index is 0.0963. The number of benzene rings is 4. The number of aryl methyl sites for hydroxylation is 1. The summed E-state index contributed by atoms with van der Waals surface area (Å²) in [5.41, 5.74) is 4.42. The van der Waals surface area contributed by atoms with Crippen molar-refractivity contribution in [1.29, 1.82) is 0 Å². The first-order valence-electron chi connectivity index (χ1n) is 14.5. The predicted octanol–water partition coefficient (Wildman–Crippen LogP) is -2.85. The molecule has 4 aromatic rings. The van der Waals surface area contributed by atoms with Crippen molar-refractivity contribution in [2.75, 3.05) is 0 Å². The quantitative estimate of drug-likeness (QED) is 0.0609. The Bertz CT molecular complexity index is 1660. The number of hydrogen-bond donors (Lipinski definition) is 9. The molecule has 0 atom stereocenters. The molecule has 0 saturated carbocycles. The van der Waals surface area contributed by atoms with Gasteiger partial charge in [0, 0.05) is 22.3 Å². The van der Waals surface area contributed by atoms with Gasteiger partial charge < -0.3 is 45.4 Å². The second-order valence-electron chi connectivity index (χ2n) is 10.2. The van der Waals surface area contributed by atoms with Crippen LogP contribution in [0.2, 0.25) is 6.82 Å². The largest absolute Gasteiger partial charge is 0.489 e. The van der Waals surface area contributed by atoms with Crippen LogP contribution < -0.4 is 21.9 Å². The number of aliphatic hydroxyl groups excluding tert-OH is 2. The average molecular weight is 672 g/mol. The zero-order chi connectivity index (χ0) is 37.1. The van der Waals surface area contributed by atoms with Gasteiger partial charge in [-0.3, -0.25) is 19.2 Å². The van der Waals surface area contributed by atoms with Crippen LogP contribution in [0.4, 0.5) is 0 Å². The third kappa shape index (κ3) is 13.5. The topological polar surface area (TPSA) is 250 Å². The van der Waals surface area contributed by atoms with Crippen molar-refractivity contribution in [3.63, 3.8) is 0 Å². The summed E-state index contributed by atoms with van der Waals surface area (Å²) in [7, 11) is -4.84. The molecule has 254 valence electrons. The maximum atomic E-state index is 10.6. The molecule has 0 aromatic heterocycles. The van der Waals surface area contributed by atoms with Gasteiger partial charge in [-0.15, -0.1) is 0 Å². The van der Waals surface area contributed by atoms with Crippen LogP contribution in [0.1, 0.15) is 58.1 Å². The zero-order valence-corrected chi connectivity index (χ0v) is 26.7. The van der Waals surface area contributed by atoms with Crippen LogP contribution in [0.15, 0.2) is 78.9 Å². The summed E-state index contributed by atoms with van der Waals surface area (Å²) in [5, 5.41) is 79.9. The highest BCUT2D eigenvalue weighted by Gasteiger charge is 2.18. The van der Waals surface area contributed by atoms with Gasteiger partial charge in [0.2, 0.25) is 0 Å². The molecule has 0 saturated heterocycles. The highest BCUT2D eigenvalue weighted by Crippen LogP contribution is 2.03. The molecule has 49 heavy (non-hydrogen) atoms. The molecule has 17 heteroatoms. The lowest BCUT2D eigenvalue weighted by Crippen LogP contribution is -2.35. The summed E-state index contributed by atoms with van der Waals surface area (Å²) in [6.07, 6.45) is 2.42. The molecule has 0 aliphatic carbocycles. The van der Waals surface area contributed by atoms with Crippen molar-refractivity contribution in [2.24, 2.45) is 0 Å². The van der Waals surface area contributed by atoms with E-state index in [9.17, 15) is 24.2 Å². The molecule has 13 nitrogen and oxygen atoms in total. The molecule has 0 aliphatic heterocycles. The second kappa shape index (κ2) is 22.2. The summed E-state index contributed by atoms with van der Waals surface area (Å²) in [6, 6.07) is 20.6. The van der Waals surface area contributed by atoms with Crippen molar-refractivity contribution in [3.05, 3.63) is 118 Å². The molecule has 0 aliphatic rings. The minimum atomic E-state index is -1.69. The van der Waals surface area contributed by atoms with Crippen LogP contribution in [-0.4, -0.2) is 98.8 Å². The second-order valence-corrected chi connectivity index (χ2v) is 10.2. The first-order valence-corrected chi connectivity index (χ1v) is 14.5. The first kappa shape index (κ1) is 42.5. The van der Waals surface area contributed by atoms with Crippen LogP contribution in [0.25, 0.3) is 0 Å². The summed E-state index contributed by atoms with van der Waals surface area (Å²) < 4.78 is 0. The molecule has 0 amide bonds. The smallest absolute Gasteiger partial charge is 0.446 e. The van der Waals surface area contributed by atoms with E-state index < -0.39 is 28.3 Å². The highest BCUT2D eigenvalue weighted by molar-refractivity contribution is 6.66. The highest BCUT2D eigenvalue weighted by atomic mass is 16.4. The van der Waals surface area contributed by atoms with Gasteiger partial charge in [-0.2, -0.15) is 0 Å². The van der Waals surface area contributed by atoms with Crippen molar-refractivity contribution in [3.8, 4) is 0 Å². The SMILES string of the molecule is CB(O)c1ccc(CO)cc1C=O.Cc1cccc(C=O)c1B(O)O.O=Cc1ccc(CO)cc1B(O)O.O=Cc1ccccc1B(O)O. The normalized spacial score (nSPS) is 9.61. The summed E-state index contributed by atoms with van der Waals surface area (Å²) in [4.78, 5) is 41.8. The molecule has 0 fully saturated rings. The number of carbonyl (C=O) groups excluding carboxylic acids is 4. The maximum Gasteiger partial charge on any atom is 0.489 e. The molecule has 0 heterocycles. The fraction of sp³-hybridized carbons (Fsp3) is 0.125. The Morgan fingerprint density at radius 1 is 0.510 bits per heavy atom. The van der Waals surface area contributed by atoms with Crippen molar-refractivity contribution < 1.29 is 64.6 Å². The van der Waals surface area contributed by atoms with Crippen molar-refractivity contribution >= 4 is 75.3 Å². The molecular weight excluding hydrogens is 636 g/mol. The van der Waals surface area contributed by atoms with E-state index in [2.05, 4.69) is 0 Å². The Morgan fingerprint density at radius 2 is 1.00 bits per heavy atom. The van der Waals surface area contributed by atoms with E-state index in [1.54, 1.807) is 68.3 Å². The zero-order valence-electron chi connectivity index (χ0n) is 26.7. The van der Waals surface area contributed by atoms with Crippen molar-refractivity contribution in [2.45, 2.75) is 27.0 Å². The monoisotopic (exact) mass is 672 g/mol. The Hall–Kier alpha value is -4.54. The van der Waals surface area contributed by atoms with Gasteiger partial charge in [0.25, 0.3) is 0 Å². The Kier molecular flexibility index (Phi) is 19.2. The lowest BCUT2D eigenvalue weighted by molar-refractivity contribution is 0.111. The van der Waals surface area contributed by atoms with E-state index in [-0.39, 0.29) is 35.2 Å². The lowest BCUT2D eigenvalue weighted by Gasteiger charge is -2.06. The average Bonchev–Trinajstić information content (AvgIpc) is 3.11. The standard InChI is InChI=1S/C9H11BO3.C8H9BO4.C8H9BO3.C7H7BO3/c1-10(13)9-3-2-7(5-11)4-8(9)6-12;10-4-6-1-2-7(5-11)8(3-6)9(12)13;1-6-3-2-4-7(5-10)8(6)9(11)12;9-5-6-3-1-2-4-7(6)8(10)11/h2-4,6,11,13H,5H2,1H3;1-3,5,10,12-13H,4H2;2-5,11-12H,1H3;1-5,10-11H. The van der Waals surface area contributed by atoms with Gasteiger partial charge in [0.05, 0.1) is 13.2 Å². The fourth-order valence-corrected chi connectivity index (χ4v) is 4.27. The predicted molar refractivity (Wildman–Crippen MR) is 187 cm³/mol. The van der Waals surface area contributed by atoms with E-state index in [0.29, 0.717) is 64.0 Å². The maximum absolute atomic E-state index is 10.6. The van der Waals surface area contributed by atoms with Crippen LogP contribution >= 0.6 is 0 Å². The number of carbonyl (C=O) groups is 4. The minimum Gasteiger partial charge on any atom is -0.446 e. The van der Waals surface area contributed by atoms with Gasteiger partial charge in [-0.25, -0.2) is 0 Å². The van der Waals surface area contributed by atoms with E-state index in [1.807, 2.05) is 0 Å². The van der Waals surface area contributed by atoms with Crippen LogP contribution in [0, 0.1) is 6.92 Å². The summed E-state index contributed by atoms with van der Waals surface area (Å²) in [5.74, 6) is 0. The molecule has 4 rings (SSSR count). The fourth-order valence-electron chi connectivity index (χ4n) is 4.27. The van der Waals surface area contributed by atoms with Gasteiger partial charge in [0.15, 0.2) is 0 Å². The van der Waals surface area contributed by atoms with E-state index in [1.165, 1.54) is 24.3 Å². The first-order chi connectivity index (χ1) is 23.3. The van der Waals surface area contributed by atoms with Gasteiger partial charge in [-0.05, 0) is 46.0 Å². The molecule has 0 unspecified atom stereocenters. The molecular formula is C32H36B4O13. The third-order valence-electron chi connectivity index (χ3n) is 6.79. The number of rotatable bonds is 10. The number of aliphatic hydroxyl groups is 2. The van der Waals surface area contributed by atoms with E-state index >= 15 is 0 Å². The molecule has 4 aromatic carbocycles. The molecule has 0 bridgehead atoms. The molecule has 0 radical (unpaired) electrons. The van der Waals surface area contributed by atoms with Crippen LogP contribution in [0.3, 0.4) is 0 Å². The van der Waals surface area contributed by atoms with E-state index in [0.717, 1.165) is 0 Å².